The van der Waals surface area contributed by atoms with Crippen LogP contribution in [0.4, 0.5) is 0 Å². The minimum Gasteiger partial charge on any atom is -0.466 e. The summed E-state index contributed by atoms with van der Waals surface area (Å²) in [5.74, 6) is -0.211. The number of carbonyl (C=O) groups is 1. The van der Waals surface area contributed by atoms with Crippen molar-refractivity contribution < 1.29 is 9.53 Å². The van der Waals surface area contributed by atoms with E-state index in [0.29, 0.717) is 6.61 Å². The second-order valence-corrected chi connectivity index (χ2v) is 1.63. The lowest BCUT2D eigenvalue weighted by atomic mass is 10.8. The van der Waals surface area contributed by atoms with Crippen molar-refractivity contribution in [3.63, 3.8) is 0 Å². The van der Waals surface area contributed by atoms with Crippen LogP contribution in [0.5, 0.6) is 0 Å². The van der Waals surface area contributed by atoms with Gasteiger partial charge in [-0.15, -0.1) is 0 Å². The summed E-state index contributed by atoms with van der Waals surface area (Å²) in [5, 5.41) is 2.93. The third-order valence-corrected chi connectivity index (χ3v) is 0.701. The summed E-state index contributed by atoms with van der Waals surface area (Å²) in [6, 6.07) is 0. The van der Waals surface area contributed by atoms with E-state index < -0.39 is 0 Å². The van der Waals surface area contributed by atoms with Gasteiger partial charge in [0.2, 0.25) is 0 Å². The Bertz CT molecular complexity index is 72.0. The van der Waals surface area contributed by atoms with E-state index in [1.807, 2.05) is 7.05 Å². The van der Waals surface area contributed by atoms with Gasteiger partial charge in [0, 0.05) is 6.92 Å². The third-order valence-electron chi connectivity index (χ3n) is 0.701. The molecule has 0 aliphatic heterocycles. The number of hydrogen-bond donors (Lipinski definition) is 1. The maximum Gasteiger partial charge on any atom is 0.302 e. The SMILES string of the molecule is CCNC.CCOC(C)=O. The van der Waals surface area contributed by atoms with E-state index in [4.69, 9.17) is 0 Å². The highest BCUT2D eigenvalue weighted by Gasteiger charge is 1.81. The van der Waals surface area contributed by atoms with Crippen molar-refractivity contribution in [1.82, 2.24) is 5.32 Å². The van der Waals surface area contributed by atoms with Crippen LogP contribution >= 0.6 is 0 Å². The average molecular weight is 147 g/mol. The van der Waals surface area contributed by atoms with Gasteiger partial charge in [-0.3, -0.25) is 4.79 Å². The fourth-order valence-electron chi connectivity index (χ4n) is 0.203. The van der Waals surface area contributed by atoms with Crippen molar-refractivity contribution in [3.05, 3.63) is 0 Å². The van der Waals surface area contributed by atoms with Gasteiger partial charge >= 0.3 is 5.97 Å². The Kier molecular flexibility index (Phi) is 13.7. The minimum absolute atomic E-state index is 0.211. The van der Waals surface area contributed by atoms with E-state index in [9.17, 15) is 4.79 Å². The van der Waals surface area contributed by atoms with Gasteiger partial charge in [0.1, 0.15) is 0 Å². The summed E-state index contributed by atoms with van der Waals surface area (Å²) in [4.78, 5) is 9.82. The highest BCUT2D eigenvalue weighted by Crippen LogP contribution is 1.69. The van der Waals surface area contributed by atoms with Gasteiger partial charge in [-0.05, 0) is 20.5 Å². The summed E-state index contributed by atoms with van der Waals surface area (Å²) in [5.41, 5.74) is 0. The first-order chi connectivity index (χ1) is 4.68. The molecule has 0 fully saturated rings. The molecule has 0 aromatic carbocycles. The minimum atomic E-state index is -0.211. The zero-order chi connectivity index (χ0) is 8.41. The van der Waals surface area contributed by atoms with Crippen molar-refractivity contribution in [2.45, 2.75) is 20.8 Å². The van der Waals surface area contributed by atoms with Crippen LogP contribution in [0, 0.1) is 0 Å². The van der Waals surface area contributed by atoms with Crippen LogP contribution < -0.4 is 5.32 Å². The fraction of sp³-hybridized carbons (Fsp3) is 0.857. The molecule has 62 valence electrons. The smallest absolute Gasteiger partial charge is 0.302 e. The van der Waals surface area contributed by atoms with E-state index in [1.165, 1.54) is 6.92 Å². The number of nitrogens with one attached hydrogen (secondary N) is 1. The predicted octanol–water partition coefficient (Wildman–Crippen LogP) is 0.795. The van der Waals surface area contributed by atoms with E-state index in [0.717, 1.165) is 6.54 Å². The van der Waals surface area contributed by atoms with Gasteiger partial charge in [0.15, 0.2) is 0 Å². The molecule has 0 unspecified atom stereocenters. The molecular formula is C7H17NO2. The van der Waals surface area contributed by atoms with Crippen molar-refractivity contribution in [3.8, 4) is 0 Å². The maximum absolute atomic E-state index is 9.82. The third kappa shape index (κ3) is 26.1. The zero-order valence-corrected chi connectivity index (χ0v) is 7.23. The molecule has 0 radical (unpaired) electrons. The first-order valence-corrected chi connectivity index (χ1v) is 3.46. The lowest BCUT2D eigenvalue weighted by molar-refractivity contribution is -0.140. The van der Waals surface area contributed by atoms with Crippen molar-refractivity contribution in [2.24, 2.45) is 0 Å². The summed E-state index contributed by atoms with van der Waals surface area (Å²) >= 11 is 0. The predicted molar refractivity (Wildman–Crippen MR) is 41.9 cm³/mol. The van der Waals surface area contributed by atoms with E-state index >= 15 is 0 Å². The molecule has 3 nitrogen and oxygen atoms in total. The quantitative estimate of drug-likeness (QED) is 0.587. The zero-order valence-electron chi connectivity index (χ0n) is 7.23. The molecular weight excluding hydrogens is 130 g/mol. The molecule has 3 heteroatoms. The van der Waals surface area contributed by atoms with Crippen LogP contribution in [-0.2, 0) is 9.53 Å². The number of rotatable bonds is 2. The number of ether oxygens (including phenoxy) is 1. The molecule has 0 rings (SSSR count). The van der Waals surface area contributed by atoms with Gasteiger partial charge in [-0.1, -0.05) is 6.92 Å². The normalized spacial score (nSPS) is 7.60. The van der Waals surface area contributed by atoms with Crippen molar-refractivity contribution >= 4 is 5.97 Å². The van der Waals surface area contributed by atoms with Gasteiger partial charge < -0.3 is 10.1 Å². The van der Waals surface area contributed by atoms with Gasteiger partial charge in [0.25, 0.3) is 0 Å². The maximum atomic E-state index is 9.82. The van der Waals surface area contributed by atoms with Crippen molar-refractivity contribution in [2.75, 3.05) is 20.2 Å². The largest absolute Gasteiger partial charge is 0.466 e. The Hall–Kier alpha value is -0.570. The number of carbonyl (C=O) groups excluding carboxylic acids is 1. The molecule has 0 aliphatic rings. The number of hydrogen-bond acceptors (Lipinski definition) is 3. The van der Waals surface area contributed by atoms with E-state index in [-0.39, 0.29) is 5.97 Å². The average Bonchev–Trinajstić information content (AvgIpc) is 1.89. The molecule has 0 aromatic heterocycles. The molecule has 0 aliphatic carbocycles. The molecule has 0 heterocycles. The summed E-state index contributed by atoms with van der Waals surface area (Å²) in [6.07, 6.45) is 0. The highest BCUT2D eigenvalue weighted by molar-refractivity contribution is 5.65. The standard InChI is InChI=1S/C4H8O2.C3H9N/c1-3-6-4(2)5;1-3-4-2/h3H2,1-2H3;4H,3H2,1-2H3. The van der Waals surface area contributed by atoms with Crippen LogP contribution in [0.1, 0.15) is 20.8 Å². The molecule has 10 heavy (non-hydrogen) atoms. The van der Waals surface area contributed by atoms with Crippen LogP contribution in [0.2, 0.25) is 0 Å². The summed E-state index contributed by atoms with van der Waals surface area (Å²) in [7, 11) is 1.93. The van der Waals surface area contributed by atoms with Crippen LogP contribution in [0.15, 0.2) is 0 Å². The second-order valence-electron chi connectivity index (χ2n) is 1.63. The van der Waals surface area contributed by atoms with Crippen LogP contribution in [-0.4, -0.2) is 26.2 Å². The first kappa shape index (κ1) is 12.1. The van der Waals surface area contributed by atoms with Gasteiger partial charge in [0.05, 0.1) is 6.61 Å². The van der Waals surface area contributed by atoms with Gasteiger partial charge in [-0.2, -0.15) is 0 Å². The highest BCUT2D eigenvalue weighted by atomic mass is 16.5. The monoisotopic (exact) mass is 147 g/mol. The molecule has 0 aromatic rings. The molecule has 0 bridgehead atoms. The first-order valence-electron chi connectivity index (χ1n) is 3.46. The Labute approximate surface area is 62.8 Å². The Morgan fingerprint density at radius 3 is 1.90 bits per heavy atom. The molecule has 0 spiro atoms. The van der Waals surface area contributed by atoms with Crippen molar-refractivity contribution in [1.29, 1.82) is 0 Å². The van der Waals surface area contributed by atoms with E-state index in [1.54, 1.807) is 6.92 Å². The topological polar surface area (TPSA) is 38.3 Å². The molecule has 0 saturated heterocycles. The van der Waals surface area contributed by atoms with E-state index in [2.05, 4.69) is 17.0 Å². The van der Waals surface area contributed by atoms with Crippen LogP contribution in [0.25, 0.3) is 0 Å². The fourth-order valence-corrected chi connectivity index (χ4v) is 0.203. The lowest BCUT2D eigenvalue weighted by Crippen LogP contribution is -2.01. The Morgan fingerprint density at radius 1 is 1.50 bits per heavy atom. The lowest BCUT2D eigenvalue weighted by Gasteiger charge is -1.89. The summed E-state index contributed by atoms with van der Waals surface area (Å²) < 4.78 is 4.40. The second kappa shape index (κ2) is 11.3. The van der Waals surface area contributed by atoms with Gasteiger partial charge in [-0.25, -0.2) is 0 Å². The Morgan fingerprint density at radius 2 is 1.90 bits per heavy atom. The molecule has 0 atom stereocenters. The van der Waals surface area contributed by atoms with Crippen LogP contribution in [0.3, 0.4) is 0 Å². The Balaban J connectivity index is 0. The molecule has 0 saturated carbocycles. The molecule has 0 amide bonds. The number of esters is 1. The molecule has 1 N–H and O–H groups in total. The summed E-state index contributed by atoms with van der Waals surface area (Å²) in [6.45, 7) is 6.79.